The standard InChI is InChI=1S/C13H9F3N4OS/c1-6-12(22-5-18-6)13-19-11(20-21-13)4-17-10-3-8(15)7(14)2-9(10)16/h2-3,5,17H,4H2,1H3. The molecule has 1 N–H and O–H groups in total. The number of rotatable bonds is 4. The second-order valence-corrected chi connectivity index (χ2v) is 5.24. The van der Waals surface area contributed by atoms with E-state index >= 15 is 0 Å². The van der Waals surface area contributed by atoms with Gasteiger partial charge in [-0.1, -0.05) is 5.16 Å². The number of aryl methyl sites for hydroxylation is 1. The van der Waals surface area contributed by atoms with E-state index in [-0.39, 0.29) is 18.1 Å². The third-order valence-corrected chi connectivity index (χ3v) is 3.77. The molecule has 0 radical (unpaired) electrons. The molecule has 0 unspecified atom stereocenters. The molecule has 3 aromatic rings. The van der Waals surface area contributed by atoms with Crippen LogP contribution in [-0.4, -0.2) is 15.1 Å². The first-order valence-corrected chi connectivity index (χ1v) is 7.04. The largest absolute Gasteiger partial charge is 0.375 e. The van der Waals surface area contributed by atoms with E-state index in [0.29, 0.717) is 12.0 Å². The molecule has 114 valence electrons. The Morgan fingerprint density at radius 1 is 1.18 bits per heavy atom. The van der Waals surface area contributed by atoms with Crippen LogP contribution in [0.1, 0.15) is 11.5 Å². The summed E-state index contributed by atoms with van der Waals surface area (Å²) in [4.78, 5) is 8.96. The molecule has 0 aliphatic carbocycles. The fourth-order valence-electron chi connectivity index (χ4n) is 1.76. The summed E-state index contributed by atoms with van der Waals surface area (Å²) in [5, 5.41) is 6.33. The number of hydrogen-bond donors (Lipinski definition) is 1. The molecular weight excluding hydrogens is 317 g/mol. The van der Waals surface area contributed by atoms with Crippen LogP contribution in [0.2, 0.25) is 0 Å². The second-order valence-electron chi connectivity index (χ2n) is 4.38. The van der Waals surface area contributed by atoms with Crippen molar-refractivity contribution in [3.05, 3.63) is 46.6 Å². The van der Waals surface area contributed by atoms with Crippen molar-refractivity contribution in [3.8, 4) is 10.8 Å². The molecule has 0 fully saturated rings. The number of hydrogen-bond acceptors (Lipinski definition) is 6. The summed E-state index contributed by atoms with van der Waals surface area (Å²) in [5.74, 6) is -2.72. The van der Waals surface area contributed by atoms with Crippen LogP contribution in [0.15, 0.2) is 22.2 Å². The summed E-state index contributed by atoms with van der Waals surface area (Å²) >= 11 is 1.36. The topological polar surface area (TPSA) is 63.8 Å². The van der Waals surface area contributed by atoms with E-state index in [1.165, 1.54) is 11.3 Å². The Labute approximate surface area is 126 Å². The molecule has 0 bridgehead atoms. The van der Waals surface area contributed by atoms with Crippen molar-refractivity contribution in [2.24, 2.45) is 0 Å². The van der Waals surface area contributed by atoms with Gasteiger partial charge in [-0.2, -0.15) is 4.98 Å². The van der Waals surface area contributed by atoms with Gasteiger partial charge in [0.2, 0.25) is 0 Å². The lowest BCUT2D eigenvalue weighted by molar-refractivity contribution is 0.424. The van der Waals surface area contributed by atoms with Crippen LogP contribution in [0.3, 0.4) is 0 Å². The van der Waals surface area contributed by atoms with Crippen LogP contribution in [0, 0.1) is 24.4 Å². The highest BCUT2D eigenvalue weighted by Gasteiger charge is 2.14. The van der Waals surface area contributed by atoms with Crippen LogP contribution < -0.4 is 5.32 Å². The number of nitrogens with one attached hydrogen (secondary N) is 1. The van der Waals surface area contributed by atoms with Gasteiger partial charge in [0.05, 0.1) is 23.4 Å². The molecule has 0 atom stereocenters. The lowest BCUT2D eigenvalue weighted by Crippen LogP contribution is -2.04. The van der Waals surface area contributed by atoms with Gasteiger partial charge in [-0.3, -0.25) is 0 Å². The van der Waals surface area contributed by atoms with Crippen molar-refractivity contribution in [1.29, 1.82) is 0 Å². The van der Waals surface area contributed by atoms with Gasteiger partial charge in [-0.05, 0) is 6.92 Å². The Hall–Kier alpha value is -2.42. The normalized spacial score (nSPS) is 10.9. The molecule has 3 rings (SSSR count). The van der Waals surface area contributed by atoms with Crippen LogP contribution in [0.25, 0.3) is 10.8 Å². The molecule has 0 saturated heterocycles. The average Bonchev–Trinajstić information content (AvgIpc) is 3.10. The Balaban J connectivity index is 1.74. The maximum atomic E-state index is 13.5. The number of anilines is 1. The summed E-state index contributed by atoms with van der Waals surface area (Å²) in [7, 11) is 0. The van der Waals surface area contributed by atoms with Gasteiger partial charge in [0.25, 0.3) is 5.89 Å². The summed E-state index contributed by atoms with van der Waals surface area (Å²) in [6.45, 7) is 1.81. The Morgan fingerprint density at radius 2 is 1.95 bits per heavy atom. The minimum atomic E-state index is -1.24. The minimum Gasteiger partial charge on any atom is -0.375 e. The van der Waals surface area contributed by atoms with Crippen LogP contribution >= 0.6 is 11.3 Å². The number of aromatic nitrogens is 3. The third kappa shape index (κ3) is 2.80. The van der Waals surface area contributed by atoms with E-state index in [1.807, 2.05) is 6.92 Å². The van der Waals surface area contributed by atoms with Crippen LogP contribution in [0.4, 0.5) is 18.9 Å². The summed E-state index contributed by atoms with van der Waals surface area (Å²) in [5.41, 5.74) is 2.24. The minimum absolute atomic E-state index is 0.00332. The lowest BCUT2D eigenvalue weighted by atomic mass is 10.3. The van der Waals surface area contributed by atoms with Gasteiger partial charge in [-0.25, -0.2) is 18.2 Å². The van der Waals surface area contributed by atoms with Gasteiger partial charge in [-0.15, -0.1) is 11.3 Å². The first kappa shape index (κ1) is 14.5. The molecule has 1 aromatic carbocycles. The smallest absolute Gasteiger partial charge is 0.269 e. The molecule has 0 spiro atoms. The lowest BCUT2D eigenvalue weighted by Gasteiger charge is -2.05. The van der Waals surface area contributed by atoms with Gasteiger partial charge >= 0.3 is 0 Å². The zero-order valence-corrected chi connectivity index (χ0v) is 12.0. The van der Waals surface area contributed by atoms with E-state index in [1.54, 1.807) is 5.51 Å². The Kier molecular flexibility index (Phi) is 3.80. The maximum Gasteiger partial charge on any atom is 0.269 e. The first-order valence-electron chi connectivity index (χ1n) is 6.16. The quantitative estimate of drug-likeness (QED) is 0.743. The van der Waals surface area contributed by atoms with Crippen molar-refractivity contribution in [3.63, 3.8) is 0 Å². The summed E-state index contributed by atoms with van der Waals surface area (Å²) < 4.78 is 44.5. The van der Waals surface area contributed by atoms with E-state index in [4.69, 9.17) is 4.52 Å². The number of benzene rings is 1. The molecule has 22 heavy (non-hydrogen) atoms. The van der Waals surface area contributed by atoms with Crippen molar-refractivity contribution >= 4 is 17.0 Å². The highest BCUT2D eigenvalue weighted by molar-refractivity contribution is 7.13. The van der Waals surface area contributed by atoms with Crippen molar-refractivity contribution in [2.75, 3.05) is 5.32 Å². The molecular formula is C13H9F3N4OS. The fourth-order valence-corrected chi connectivity index (χ4v) is 2.48. The van der Waals surface area contributed by atoms with E-state index < -0.39 is 17.5 Å². The zero-order valence-electron chi connectivity index (χ0n) is 11.2. The molecule has 5 nitrogen and oxygen atoms in total. The molecule has 2 heterocycles. The second kappa shape index (κ2) is 5.76. The first-order chi connectivity index (χ1) is 10.5. The van der Waals surface area contributed by atoms with Gasteiger partial charge < -0.3 is 9.84 Å². The number of halogens is 3. The van der Waals surface area contributed by atoms with Gasteiger partial charge in [0.1, 0.15) is 10.7 Å². The maximum absolute atomic E-state index is 13.5. The fraction of sp³-hybridized carbons (Fsp3) is 0.154. The Bertz CT molecular complexity index is 817. The molecule has 0 saturated carbocycles. The number of nitrogens with zero attached hydrogens (tertiary/aromatic N) is 3. The predicted molar refractivity (Wildman–Crippen MR) is 73.8 cm³/mol. The van der Waals surface area contributed by atoms with Crippen molar-refractivity contribution in [1.82, 2.24) is 15.1 Å². The summed E-state index contributed by atoms with van der Waals surface area (Å²) in [6, 6.07) is 1.21. The van der Waals surface area contributed by atoms with Crippen LogP contribution in [-0.2, 0) is 6.54 Å². The van der Waals surface area contributed by atoms with Gasteiger partial charge in [0.15, 0.2) is 17.5 Å². The van der Waals surface area contributed by atoms with Crippen LogP contribution in [0.5, 0.6) is 0 Å². The molecule has 2 aromatic heterocycles. The molecule has 0 aliphatic heterocycles. The van der Waals surface area contributed by atoms with E-state index in [9.17, 15) is 13.2 Å². The van der Waals surface area contributed by atoms with E-state index in [2.05, 4.69) is 20.4 Å². The van der Waals surface area contributed by atoms with Gasteiger partial charge in [0, 0.05) is 12.1 Å². The van der Waals surface area contributed by atoms with E-state index in [0.717, 1.165) is 16.6 Å². The highest BCUT2D eigenvalue weighted by Crippen LogP contribution is 2.25. The molecule has 0 amide bonds. The average molecular weight is 326 g/mol. The summed E-state index contributed by atoms with van der Waals surface area (Å²) in [6.07, 6.45) is 0. The monoisotopic (exact) mass is 326 g/mol. The third-order valence-electron chi connectivity index (χ3n) is 2.85. The highest BCUT2D eigenvalue weighted by atomic mass is 32.1. The number of thiazole rings is 1. The Morgan fingerprint density at radius 3 is 2.68 bits per heavy atom. The van der Waals surface area contributed by atoms with Crippen molar-refractivity contribution in [2.45, 2.75) is 13.5 Å². The molecule has 9 heteroatoms. The molecule has 0 aliphatic rings. The predicted octanol–water partition coefficient (Wildman–Crippen LogP) is 3.53. The SMILES string of the molecule is Cc1ncsc1-c1nc(CNc2cc(F)c(F)cc2F)no1. The van der Waals surface area contributed by atoms with Crippen molar-refractivity contribution < 1.29 is 17.7 Å². The zero-order chi connectivity index (χ0) is 15.7.